The van der Waals surface area contributed by atoms with Gasteiger partial charge < -0.3 is 15.8 Å². The average molecular weight is 246 g/mol. The summed E-state index contributed by atoms with van der Waals surface area (Å²) in [6.45, 7) is 4.02. The molecular weight excluding hydrogens is 228 g/mol. The molecule has 1 atom stereocenters. The lowest BCUT2D eigenvalue weighted by Crippen LogP contribution is -2.28. The minimum Gasteiger partial charge on any atom is -0.484 e. The Hall–Kier alpha value is -1.81. The molecule has 1 aliphatic carbocycles. The largest absolute Gasteiger partial charge is 0.484 e. The number of benzene rings is 1. The van der Waals surface area contributed by atoms with Gasteiger partial charge in [0.25, 0.3) is 5.91 Å². The Labute approximate surface area is 107 Å². The van der Waals surface area contributed by atoms with Crippen molar-refractivity contribution in [2.45, 2.75) is 18.9 Å². The fourth-order valence-electron chi connectivity index (χ4n) is 2.10. The van der Waals surface area contributed by atoms with E-state index in [-0.39, 0.29) is 18.6 Å². The lowest BCUT2D eigenvalue weighted by atomic mass is 10.1. The molecule has 0 fully saturated rings. The summed E-state index contributed by atoms with van der Waals surface area (Å²) >= 11 is 0. The molecule has 0 spiro atoms. The quantitative estimate of drug-likeness (QED) is 0.770. The molecule has 3 N–H and O–H groups in total. The van der Waals surface area contributed by atoms with E-state index in [4.69, 9.17) is 10.5 Å². The van der Waals surface area contributed by atoms with E-state index in [2.05, 4.69) is 11.9 Å². The van der Waals surface area contributed by atoms with E-state index in [9.17, 15) is 4.79 Å². The van der Waals surface area contributed by atoms with Crippen LogP contribution >= 0.6 is 0 Å². The molecule has 4 heteroatoms. The van der Waals surface area contributed by atoms with Crippen molar-refractivity contribution in [3.05, 3.63) is 42.0 Å². The number of hydrogen-bond donors (Lipinski definition) is 2. The van der Waals surface area contributed by atoms with Crippen LogP contribution in [0.3, 0.4) is 0 Å². The second-order valence-electron chi connectivity index (χ2n) is 4.39. The van der Waals surface area contributed by atoms with E-state index in [1.807, 2.05) is 18.2 Å². The molecule has 1 aliphatic rings. The molecule has 0 bridgehead atoms. The fraction of sp³-hybridized carbons (Fsp3) is 0.357. The maximum Gasteiger partial charge on any atom is 0.258 e. The van der Waals surface area contributed by atoms with Crippen LogP contribution in [0.15, 0.2) is 30.9 Å². The molecule has 0 radical (unpaired) electrons. The summed E-state index contributed by atoms with van der Waals surface area (Å²) in [4.78, 5) is 11.4. The first-order chi connectivity index (χ1) is 8.70. The van der Waals surface area contributed by atoms with Crippen molar-refractivity contribution in [2.75, 3.05) is 13.2 Å². The highest BCUT2D eigenvalue weighted by atomic mass is 16.5. The minimum atomic E-state index is -0.146. The molecular formula is C14H18N2O2. The smallest absolute Gasteiger partial charge is 0.258 e. The fourth-order valence-corrected chi connectivity index (χ4v) is 2.10. The third-order valence-corrected chi connectivity index (χ3v) is 3.05. The van der Waals surface area contributed by atoms with Crippen molar-refractivity contribution in [1.29, 1.82) is 0 Å². The Morgan fingerprint density at radius 1 is 1.61 bits per heavy atom. The summed E-state index contributed by atoms with van der Waals surface area (Å²) in [7, 11) is 0. The van der Waals surface area contributed by atoms with Crippen LogP contribution in [0.4, 0.5) is 0 Å². The second-order valence-corrected chi connectivity index (χ2v) is 4.39. The zero-order valence-electron chi connectivity index (χ0n) is 10.3. The number of nitrogens with two attached hydrogens (primary N) is 1. The van der Waals surface area contributed by atoms with Crippen LogP contribution in [0.5, 0.6) is 5.75 Å². The summed E-state index contributed by atoms with van der Waals surface area (Å²) in [6.07, 6.45) is 3.60. The van der Waals surface area contributed by atoms with Crippen molar-refractivity contribution in [2.24, 2.45) is 5.73 Å². The molecule has 1 aromatic rings. The minimum absolute atomic E-state index is 0.0265. The first kappa shape index (κ1) is 12.6. The zero-order chi connectivity index (χ0) is 13.0. The number of amides is 1. The lowest BCUT2D eigenvalue weighted by Gasteiger charge is -2.09. The lowest BCUT2D eigenvalue weighted by molar-refractivity contribution is -0.122. The molecule has 0 aliphatic heterocycles. The van der Waals surface area contributed by atoms with Crippen molar-refractivity contribution in [1.82, 2.24) is 5.32 Å². The van der Waals surface area contributed by atoms with Crippen LogP contribution < -0.4 is 15.8 Å². The molecule has 0 saturated carbocycles. The Morgan fingerprint density at radius 2 is 2.44 bits per heavy atom. The van der Waals surface area contributed by atoms with Crippen molar-refractivity contribution in [3.8, 4) is 5.75 Å². The number of aryl methyl sites for hydroxylation is 1. The highest BCUT2D eigenvalue weighted by molar-refractivity contribution is 5.77. The Morgan fingerprint density at radius 3 is 3.22 bits per heavy atom. The SMILES string of the molecule is C=CCNC(=O)COc1ccc2c(c1)CC[C@H]2N. The number of hydrogen-bond acceptors (Lipinski definition) is 3. The molecule has 1 amide bonds. The van der Waals surface area contributed by atoms with Gasteiger partial charge in [-0.1, -0.05) is 12.1 Å². The Kier molecular flexibility index (Phi) is 3.99. The van der Waals surface area contributed by atoms with Gasteiger partial charge in [-0.2, -0.15) is 0 Å². The van der Waals surface area contributed by atoms with Gasteiger partial charge in [0.05, 0.1) is 0 Å². The van der Waals surface area contributed by atoms with Gasteiger partial charge in [0.15, 0.2) is 6.61 Å². The van der Waals surface area contributed by atoms with Crippen molar-refractivity contribution >= 4 is 5.91 Å². The number of nitrogens with one attached hydrogen (secondary N) is 1. The normalized spacial score (nSPS) is 17.1. The van der Waals surface area contributed by atoms with Gasteiger partial charge in [0.2, 0.25) is 0 Å². The topological polar surface area (TPSA) is 64.3 Å². The molecule has 4 nitrogen and oxygen atoms in total. The van der Waals surface area contributed by atoms with E-state index >= 15 is 0 Å². The van der Waals surface area contributed by atoms with Gasteiger partial charge in [0.1, 0.15) is 5.75 Å². The summed E-state index contributed by atoms with van der Waals surface area (Å²) < 4.78 is 5.44. The van der Waals surface area contributed by atoms with E-state index in [1.54, 1.807) is 6.08 Å². The van der Waals surface area contributed by atoms with Gasteiger partial charge in [-0.05, 0) is 36.1 Å². The first-order valence-corrected chi connectivity index (χ1v) is 6.09. The molecule has 0 aromatic heterocycles. The molecule has 0 saturated heterocycles. The van der Waals surface area contributed by atoms with Crippen LogP contribution in [0, 0.1) is 0 Å². The summed E-state index contributed by atoms with van der Waals surface area (Å²) in [5.41, 5.74) is 8.38. The molecule has 96 valence electrons. The number of fused-ring (bicyclic) bond motifs is 1. The van der Waals surface area contributed by atoms with E-state index in [1.165, 1.54) is 11.1 Å². The Bertz CT molecular complexity index is 457. The van der Waals surface area contributed by atoms with Crippen LogP contribution in [-0.2, 0) is 11.2 Å². The van der Waals surface area contributed by atoms with Gasteiger partial charge in [0, 0.05) is 12.6 Å². The van der Waals surface area contributed by atoms with E-state index in [0.717, 1.165) is 18.6 Å². The highest BCUT2D eigenvalue weighted by Gasteiger charge is 2.19. The Balaban J connectivity index is 1.91. The summed E-state index contributed by atoms with van der Waals surface area (Å²) in [5.74, 6) is 0.573. The third-order valence-electron chi connectivity index (χ3n) is 3.05. The number of ether oxygens (including phenoxy) is 1. The van der Waals surface area contributed by atoms with Crippen LogP contribution in [-0.4, -0.2) is 19.1 Å². The summed E-state index contributed by atoms with van der Waals surface area (Å²) in [5, 5.41) is 2.66. The summed E-state index contributed by atoms with van der Waals surface area (Å²) in [6, 6.07) is 5.97. The zero-order valence-corrected chi connectivity index (χ0v) is 10.3. The molecule has 0 heterocycles. The maximum atomic E-state index is 11.4. The van der Waals surface area contributed by atoms with E-state index < -0.39 is 0 Å². The second kappa shape index (κ2) is 5.69. The molecule has 1 aromatic carbocycles. The molecule has 0 unspecified atom stereocenters. The van der Waals surface area contributed by atoms with Crippen LogP contribution in [0.1, 0.15) is 23.6 Å². The highest BCUT2D eigenvalue weighted by Crippen LogP contribution is 2.31. The monoisotopic (exact) mass is 246 g/mol. The van der Waals surface area contributed by atoms with Gasteiger partial charge >= 0.3 is 0 Å². The number of carbonyl (C=O) groups excluding carboxylic acids is 1. The van der Waals surface area contributed by atoms with E-state index in [0.29, 0.717) is 6.54 Å². The average Bonchev–Trinajstić information content (AvgIpc) is 2.75. The number of rotatable bonds is 5. The standard InChI is InChI=1S/C14H18N2O2/c1-2-7-16-14(17)9-18-11-4-5-12-10(8-11)3-6-13(12)15/h2,4-5,8,13H,1,3,6-7,9,15H2,(H,16,17)/t13-/m1/s1. The maximum absolute atomic E-state index is 11.4. The van der Waals surface area contributed by atoms with Gasteiger partial charge in [-0.15, -0.1) is 6.58 Å². The van der Waals surface area contributed by atoms with Crippen molar-refractivity contribution < 1.29 is 9.53 Å². The first-order valence-electron chi connectivity index (χ1n) is 6.09. The van der Waals surface area contributed by atoms with Crippen LogP contribution in [0.25, 0.3) is 0 Å². The predicted molar refractivity (Wildman–Crippen MR) is 70.4 cm³/mol. The van der Waals surface area contributed by atoms with Gasteiger partial charge in [-0.3, -0.25) is 4.79 Å². The predicted octanol–water partition coefficient (Wildman–Crippen LogP) is 1.31. The molecule has 18 heavy (non-hydrogen) atoms. The van der Waals surface area contributed by atoms with Crippen LogP contribution in [0.2, 0.25) is 0 Å². The number of carbonyl (C=O) groups is 1. The van der Waals surface area contributed by atoms with Crippen molar-refractivity contribution in [3.63, 3.8) is 0 Å². The molecule has 2 rings (SSSR count). The third kappa shape index (κ3) is 2.90. The van der Waals surface area contributed by atoms with Gasteiger partial charge in [-0.25, -0.2) is 0 Å².